The van der Waals surface area contributed by atoms with E-state index in [1.807, 2.05) is 54.6 Å². The maximum Gasteiger partial charge on any atom is 0.0873 e. The third-order valence-corrected chi connectivity index (χ3v) is 3.19. The normalized spacial score (nSPS) is 10.7. The predicted molar refractivity (Wildman–Crippen MR) is 79.6 cm³/mol. The summed E-state index contributed by atoms with van der Waals surface area (Å²) >= 11 is 0. The van der Waals surface area contributed by atoms with Crippen LogP contribution in [0, 0.1) is 0 Å². The third kappa shape index (κ3) is 2.46. The van der Waals surface area contributed by atoms with E-state index in [0.717, 1.165) is 23.4 Å². The lowest BCUT2D eigenvalue weighted by atomic mass is 10.1. The van der Waals surface area contributed by atoms with Gasteiger partial charge >= 0.3 is 0 Å². The van der Waals surface area contributed by atoms with E-state index >= 15 is 0 Å². The van der Waals surface area contributed by atoms with Gasteiger partial charge in [-0.2, -0.15) is 5.10 Å². The Kier molecular flexibility index (Phi) is 3.56. The smallest absolute Gasteiger partial charge is 0.0873 e. The highest BCUT2D eigenvalue weighted by Gasteiger charge is 2.07. The summed E-state index contributed by atoms with van der Waals surface area (Å²) in [4.78, 5) is 4.20. The molecule has 3 aromatic rings. The van der Waals surface area contributed by atoms with Crippen LogP contribution in [0.2, 0.25) is 0 Å². The highest BCUT2D eigenvalue weighted by molar-refractivity contribution is 5.62. The highest BCUT2D eigenvalue weighted by atomic mass is 15.3. The van der Waals surface area contributed by atoms with Crippen LogP contribution in [0.1, 0.15) is 5.56 Å². The van der Waals surface area contributed by atoms with Crippen LogP contribution in [-0.2, 0) is 6.54 Å². The van der Waals surface area contributed by atoms with E-state index in [0.29, 0.717) is 0 Å². The van der Waals surface area contributed by atoms with Gasteiger partial charge in [0.25, 0.3) is 0 Å². The molecule has 0 radical (unpaired) electrons. The van der Waals surface area contributed by atoms with Gasteiger partial charge in [0.15, 0.2) is 0 Å². The average molecular weight is 264 g/mol. The summed E-state index contributed by atoms with van der Waals surface area (Å²) in [7, 11) is 1.93. The molecule has 0 saturated carbocycles. The lowest BCUT2D eigenvalue weighted by molar-refractivity contribution is 0.785. The van der Waals surface area contributed by atoms with Crippen LogP contribution in [0.4, 0.5) is 0 Å². The molecule has 2 heterocycles. The first-order valence-electron chi connectivity index (χ1n) is 6.56. The number of pyridine rings is 1. The Labute approximate surface area is 118 Å². The summed E-state index contributed by atoms with van der Waals surface area (Å²) in [6.07, 6.45) is 7.56. The molecule has 0 aliphatic carbocycles. The Balaban J connectivity index is 1.98. The minimum absolute atomic E-state index is 0.790. The first-order chi connectivity index (χ1) is 9.88. The Morgan fingerprint density at radius 2 is 1.90 bits per heavy atom. The lowest BCUT2D eigenvalue weighted by Crippen LogP contribution is -2.09. The van der Waals surface area contributed by atoms with E-state index in [-0.39, 0.29) is 0 Å². The van der Waals surface area contributed by atoms with Crippen molar-refractivity contribution in [1.29, 1.82) is 0 Å². The minimum Gasteiger partial charge on any atom is -0.316 e. The molecule has 2 aromatic heterocycles. The van der Waals surface area contributed by atoms with Crippen molar-refractivity contribution in [2.45, 2.75) is 6.54 Å². The first kappa shape index (κ1) is 12.6. The van der Waals surface area contributed by atoms with Crippen molar-refractivity contribution in [2.24, 2.45) is 0 Å². The van der Waals surface area contributed by atoms with Crippen molar-refractivity contribution < 1.29 is 0 Å². The van der Waals surface area contributed by atoms with Gasteiger partial charge in [0.1, 0.15) is 0 Å². The van der Waals surface area contributed by atoms with Crippen molar-refractivity contribution in [1.82, 2.24) is 20.1 Å². The molecule has 0 bridgehead atoms. The zero-order chi connectivity index (χ0) is 13.8. The molecule has 0 amide bonds. The number of rotatable bonds is 4. The van der Waals surface area contributed by atoms with Gasteiger partial charge in [0.05, 0.1) is 18.1 Å². The van der Waals surface area contributed by atoms with Crippen molar-refractivity contribution >= 4 is 0 Å². The summed E-state index contributed by atoms with van der Waals surface area (Å²) in [5.41, 5.74) is 4.44. The quantitative estimate of drug-likeness (QED) is 0.787. The maximum atomic E-state index is 4.45. The number of hydrogen-bond donors (Lipinski definition) is 1. The second-order valence-electron chi connectivity index (χ2n) is 4.57. The molecule has 0 spiro atoms. The van der Waals surface area contributed by atoms with E-state index in [4.69, 9.17) is 0 Å². The first-order valence-corrected chi connectivity index (χ1v) is 6.56. The zero-order valence-corrected chi connectivity index (χ0v) is 11.3. The molecule has 4 nitrogen and oxygen atoms in total. The van der Waals surface area contributed by atoms with Crippen LogP contribution in [0.3, 0.4) is 0 Å². The molecule has 0 aliphatic heterocycles. The Morgan fingerprint density at radius 1 is 1.05 bits per heavy atom. The molecule has 4 heteroatoms. The predicted octanol–water partition coefficient (Wildman–Crippen LogP) is 2.65. The van der Waals surface area contributed by atoms with Crippen LogP contribution < -0.4 is 5.32 Å². The van der Waals surface area contributed by atoms with Crippen LogP contribution >= 0.6 is 0 Å². The summed E-state index contributed by atoms with van der Waals surface area (Å²) in [6.45, 7) is 0.790. The molecular weight excluding hydrogens is 248 g/mol. The molecular formula is C16H16N4. The van der Waals surface area contributed by atoms with Crippen LogP contribution in [0.5, 0.6) is 0 Å². The largest absolute Gasteiger partial charge is 0.316 e. The zero-order valence-electron chi connectivity index (χ0n) is 11.3. The van der Waals surface area contributed by atoms with Crippen LogP contribution in [0.15, 0.2) is 61.2 Å². The SMILES string of the molecule is CNCc1ccncc1-n1cc(-c2ccccc2)cn1. The van der Waals surface area contributed by atoms with Crippen LogP contribution in [0.25, 0.3) is 16.8 Å². The maximum absolute atomic E-state index is 4.45. The number of nitrogens with one attached hydrogen (secondary N) is 1. The molecule has 1 aromatic carbocycles. The molecule has 0 unspecified atom stereocenters. The van der Waals surface area contributed by atoms with E-state index < -0.39 is 0 Å². The molecule has 100 valence electrons. The summed E-state index contributed by atoms with van der Waals surface area (Å²) in [5, 5.41) is 7.62. The molecule has 0 saturated heterocycles. The number of benzene rings is 1. The Bertz CT molecular complexity index is 688. The van der Waals surface area contributed by atoms with Gasteiger partial charge < -0.3 is 5.32 Å². The van der Waals surface area contributed by atoms with E-state index in [1.165, 1.54) is 5.56 Å². The Morgan fingerprint density at radius 3 is 2.70 bits per heavy atom. The van der Waals surface area contributed by atoms with Gasteiger partial charge in [-0.05, 0) is 24.2 Å². The van der Waals surface area contributed by atoms with Gasteiger partial charge in [-0.15, -0.1) is 0 Å². The van der Waals surface area contributed by atoms with Gasteiger partial charge in [-0.1, -0.05) is 30.3 Å². The van der Waals surface area contributed by atoms with Gasteiger partial charge in [-0.3, -0.25) is 4.98 Å². The summed E-state index contributed by atoms with van der Waals surface area (Å²) in [6, 6.07) is 12.3. The molecule has 0 fully saturated rings. The van der Waals surface area contributed by atoms with Crippen LogP contribution in [-0.4, -0.2) is 21.8 Å². The fraction of sp³-hybridized carbons (Fsp3) is 0.125. The summed E-state index contributed by atoms with van der Waals surface area (Å²) < 4.78 is 1.88. The second-order valence-corrected chi connectivity index (χ2v) is 4.57. The fourth-order valence-corrected chi connectivity index (χ4v) is 2.20. The lowest BCUT2D eigenvalue weighted by Gasteiger charge is -2.07. The second kappa shape index (κ2) is 5.67. The van der Waals surface area contributed by atoms with E-state index in [9.17, 15) is 0 Å². The Hall–Kier alpha value is -2.46. The molecule has 0 atom stereocenters. The third-order valence-electron chi connectivity index (χ3n) is 3.19. The highest BCUT2D eigenvalue weighted by Crippen LogP contribution is 2.20. The number of hydrogen-bond acceptors (Lipinski definition) is 3. The van der Waals surface area contributed by atoms with Crippen molar-refractivity contribution in [2.75, 3.05) is 7.05 Å². The van der Waals surface area contributed by atoms with Gasteiger partial charge in [0, 0.05) is 24.5 Å². The standard InChI is InChI=1S/C16H16N4/c1-17-9-14-7-8-18-11-16(14)20-12-15(10-19-20)13-5-3-2-4-6-13/h2-8,10-12,17H,9H2,1H3. The van der Waals surface area contributed by atoms with Crippen molar-refractivity contribution in [3.8, 4) is 16.8 Å². The van der Waals surface area contributed by atoms with E-state index in [2.05, 4.69) is 27.5 Å². The fourth-order valence-electron chi connectivity index (χ4n) is 2.20. The van der Waals surface area contributed by atoms with Crippen molar-refractivity contribution in [3.63, 3.8) is 0 Å². The topological polar surface area (TPSA) is 42.7 Å². The minimum atomic E-state index is 0.790. The summed E-state index contributed by atoms with van der Waals surface area (Å²) in [5.74, 6) is 0. The molecule has 0 aliphatic rings. The number of aromatic nitrogens is 3. The molecule has 20 heavy (non-hydrogen) atoms. The monoisotopic (exact) mass is 264 g/mol. The average Bonchev–Trinajstić information content (AvgIpc) is 2.99. The van der Waals surface area contributed by atoms with E-state index in [1.54, 1.807) is 6.20 Å². The molecule has 3 rings (SSSR count). The van der Waals surface area contributed by atoms with Gasteiger partial charge in [0.2, 0.25) is 0 Å². The number of nitrogens with zero attached hydrogens (tertiary/aromatic N) is 3. The molecule has 1 N–H and O–H groups in total. The van der Waals surface area contributed by atoms with Crippen molar-refractivity contribution in [3.05, 3.63) is 66.7 Å². The van der Waals surface area contributed by atoms with Gasteiger partial charge in [-0.25, -0.2) is 4.68 Å².